The van der Waals surface area contributed by atoms with Crippen LogP contribution < -0.4 is 9.62 Å². The van der Waals surface area contributed by atoms with Gasteiger partial charge in [0.15, 0.2) is 0 Å². The fourth-order valence-electron chi connectivity index (χ4n) is 3.97. The van der Waals surface area contributed by atoms with E-state index in [4.69, 9.17) is 23.2 Å². The summed E-state index contributed by atoms with van der Waals surface area (Å²) in [7, 11) is -4.23. The second-order valence-electron chi connectivity index (χ2n) is 10.3. The standard InChI is InChI=1S/C29H33Cl2N3O4S/c1-20-10-9-11-22(16-20)18-33(21(2)28(36)32-29(3,4)5)27(35)19-34(26-17-23(30)14-15-25(26)31)39(37,38)24-12-7-6-8-13-24/h6-17,21H,18-19H2,1-5H3,(H,32,36)/t21-/m1/s1. The average molecular weight is 591 g/mol. The van der Waals surface area contributed by atoms with Gasteiger partial charge >= 0.3 is 0 Å². The normalized spacial score (nSPS) is 12.5. The summed E-state index contributed by atoms with van der Waals surface area (Å²) in [6, 6.07) is 18.8. The minimum Gasteiger partial charge on any atom is -0.350 e. The molecule has 0 saturated heterocycles. The van der Waals surface area contributed by atoms with Gasteiger partial charge in [-0.25, -0.2) is 8.42 Å². The van der Waals surface area contributed by atoms with Gasteiger partial charge in [0.25, 0.3) is 10.0 Å². The molecule has 1 N–H and O–H groups in total. The summed E-state index contributed by atoms with van der Waals surface area (Å²) in [5, 5.41) is 3.27. The van der Waals surface area contributed by atoms with Crippen molar-refractivity contribution in [3.63, 3.8) is 0 Å². The van der Waals surface area contributed by atoms with Crippen LogP contribution in [-0.2, 0) is 26.2 Å². The number of nitrogens with zero attached hydrogens (tertiary/aromatic N) is 2. The molecule has 0 aliphatic heterocycles. The second kappa shape index (κ2) is 12.4. The van der Waals surface area contributed by atoms with Crippen molar-refractivity contribution < 1.29 is 18.0 Å². The lowest BCUT2D eigenvalue weighted by Crippen LogP contribution is -2.54. The van der Waals surface area contributed by atoms with Crippen LogP contribution in [0.25, 0.3) is 0 Å². The lowest BCUT2D eigenvalue weighted by atomic mass is 10.1. The number of hydrogen-bond donors (Lipinski definition) is 1. The Kier molecular flexibility index (Phi) is 9.69. The van der Waals surface area contributed by atoms with Gasteiger partial charge in [0, 0.05) is 17.1 Å². The summed E-state index contributed by atoms with van der Waals surface area (Å²) >= 11 is 12.6. The summed E-state index contributed by atoms with van der Waals surface area (Å²) in [6.45, 7) is 8.59. The highest BCUT2D eigenvalue weighted by atomic mass is 35.5. The molecule has 0 bridgehead atoms. The molecule has 10 heteroatoms. The molecule has 7 nitrogen and oxygen atoms in total. The Balaban J connectivity index is 2.07. The molecule has 0 aromatic heterocycles. The number of halogens is 2. The Morgan fingerprint density at radius 1 is 0.949 bits per heavy atom. The fraction of sp³-hybridized carbons (Fsp3) is 0.310. The molecule has 2 amide bonds. The molecule has 3 rings (SSSR count). The van der Waals surface area contributed by atoms with Crippen molar-refractivity contribution in [1.29, 1.82) is 0 Å². The molecule has 39 heavy (non-hydrogen) atoms. The number of carbonyl (C=O) groups excluding carboxylic acids is 2. The molecule has 3 aromatic carbocycles. The van der Waals surface area contributed by atoms with E-state index < -0.39 is 34.1 Å². The van der Waals surface area contributed by atoms with E-state index in [2.05, 4.69) is 5.32 Å². The minimum absolute atomic E-state index is 0.0161. The van der Waals surface area contributed by atoms with Gasteiger partial charge in [0.05, 0.1) is 15.6 Å². The highest BCUT2D eigenvalue weighted by Gasteiger charge is 2.34. The van der Waals surface area contributed by atoms with Crippen molar-refractivity contribution in [2.75, 3.05) is 10.8 Å². The predicted molar refractivity (Wildman–Crippen MR) is 157 cm³/mol. The zero-order chi connectivity index (χ0) is 29.0. The van der Waals surface area contributed by atoms with E-state index in [1.807, 2.05) is 52.0 Å². The Morgan fingerprint density at radius 3 is 2.23 bits per heavy atom. The predicted octanol–water partition coefficient (Wildman–Crippen LogP) is 5.83. The Bertz CT molecular complexity index is 1440. The van der Waals surface area contributed by atoms with Crippen LogP contribution in [0.4, 0.5) is 5.69 Å². The number of carbonyl (C=O) groups is 2. The SMILES string of the molecule is Cc1cccc(CN(C(=O)CN(c2cc(Cl)ccc2Cl)S(=O)(=O)c2ccccc2)[C@H](C)C(=O)NC(C)(C)C)c1. The van der Waals surface area contributed by atoms with E-state index in [-0.39, 0.29) is 33.1 Å². The van der Waals surface area contributed by atoms with E-state index in [0.717, 1.165) is 15.4 Å². The van der Waals surface area contributed by atoms with Crippen molar-refractivity contribution in [3.8, 4) is 0 Å². The van der Waals surface area contributed by atoms with Crippen LogP contribution in [-0.4, -0.2) is 43.3 Å². The number of nitrogens with one attached hydrogen (secondary N) is 1. The Hall–Kier alpha value is -3.07. The maximum Gasteiger partial charge on any atom is 0.264 e. The molecule has 0 aliphatic rings. The summed E-state index contributed by atoms with van der Waals surface area (Å²) in [4.78, 5) is 28.5. The number of anilines is 1. The third kappa shape index (κ3) is 7.97. The summed E-state index contributed by atoms with van der Waals surface area (Å²) in [6.07, 6.45) is 0. The van der Waals surface area contributed by atoms with Crippen molar-refractivity contribution in [3.05, 3.63) is 94.0 Å². The molecule has 0 spiro atoms. The van der Waals surface area contributed by atoms with E-state index in [9.17, 15) is 18.0 Å². The average Bonchev–Trinajstić information content (AvgIpc) is 2.86. The fourth-order valence-corrected chi connectivity index (χ4v) is 5.86. The van der Waals surface area contributed by atoms with Crippen LogP contribution in [0.5, 0.6) is 0 Å². The topological polar surface area (TPSA) is 86.8 Å². The molecule has 0 aliphatic carbocycles. The van der Waals surface area contributed by atoms with Crippen molar-refractivity contribution in [2.45, 2.75) is 57.6 Å². The lowest BCUT2D eigenvalue weighted by molar-refractivity contribution is -0.140. The largest absolute Gasteiger partial charge is 0.350 e. The first-order chi connectivity index (χ1) is 18.2. The van der Waals surface area contributed by atoms with Crippen LogP contribution in [0.1, 0.15) is 38.8 Å². The monoisotopic (exact) mass is 589 g/mol. The van der Waals surface area contributed by atoms with Crippen molar-refractivity contribution >= 4 is 50.7 Å². The lowest BCUT2D eigenvalue weighted by Gasteiger charge is -2.33. The maximum absolute atomic E-state index is 14.0. The van der Waals surface area contributed by atoms with Gasteiger partial charge in [-0.2, -0.15) is 0 Å². The molecular formula is C29H33Cl2N3O4S. The third-order valence-corrected chi connectivity index (χ3v) is 8.22. The number of benzene rings is 3. The van der Waals surface area contributed by atoms with Crippen LogP contribution in [0.15, 0.2) is 77.7 Å². The summed E-state index contributed by atoms with van der Waals surface area (Å²) in [5.74, 6) is -0.939. The molecular weight excluding hydrogens is 557 g/mol. The molecule has 1 atom stereocenters. The quantitative estimate of drug-likeness (QED) is 0.340. The second-order valence-corrected chi connectivity index (χ2v) is 13.1. The van der Waals surface area contributed by atoms with Crippen molar-refractivity contribution in [1.82, 2.24) is 10.2 Å². The van der Waals surface area contributed by atoms with Crippen molar-refractivity contribution in [2.24, 2.45) is 0 Å². The molecule has 0 heterocycles. The zero-order valence-electron chi connectivity index (χ0n) is 22.6. The third-order valence-electron chi connectivity index (χ3n) is 5.89. The van der Waals surface area contributed by atoms with Gasteiger partial charge in [-0.15, -0.1) is 0 Å². The van der Waals surface area contributed by atoms with Gasteiger partial charge in [-0.1, -0.05) is 71.2 Å². The van der Waals surface area contributed by atoms with Gasteiger partial charge in [0.1, 0.15) is 12.6 Å². The summed E-state index contributed by atoms with van der Waals surface area (Å²) in [5.41, 5.74) is 1.33. The van der Waals surface area contributed by atoms with Gasteiger partial charge in [0.2, 0.25) is 11.8 Å². The maximum atomic E-state index is 14.0. The van der Waals surface area contributed by atoms with Gasteiger partial charge in [-0.05, 0) is 70.5 Å². The zero-order valence-corrected chi connectivity index (χ0v) is 24.9. The van der Waals surface area contributed by atoms with E-state index in [0.29, 0.717) is 0 Å². The van der Waals surface area contributed by atoms with E-state index in [1.165, 1.54) is 35.2 Å². The van der Waals surface area contributed by atoms with Gasteiger partial charge in [-0.3, -0.25) is 13.9 Å². The number of sulfonamides is 1. The Morgan fingerprint density at radius 2 is 1.62 bits per heavy atom. The van der Waals surface area contributed by atoms with E-state index in [1.54, 1.807) is 25.1 Å². The molecule has 3 aromatic rings. The number of amides is 2. The molecule has 0 unspecified atom stereocenters. The number of hydrogen-bond acceptors (Lipinski definition) is 4. The van der Waals surface area contributed by atoms with Crippen LogP contribution >= 0.6 is 23.2 Å². The molecule has 0 fully saturated rings. The van der Waals surface area contributed by atoms with Crippen LogP contribution in [0, 0.1) is 6.92 Å². The highest BCUT2D eigenvalue weighted by Crippen LogP contribution is 2.33. The molecule has 208 valence electrons. The summed E-state index contributed by atoms with van der Waals surface area (Å²) < 4.78 is 28.6. The van der Waals surface area contributed by atoms with Crippen LogP contribution in [0.2, 0.25) is 10.0 Å². The first-order valence-electron chi connectivity index (χ1n) is 12.4. The molecule has 0 saturated carbocycles. The minimum atomic E-state index is -4.23. The van der Waals surface area contributed by atoms with Crippen LogP contribution in [0.3, 0.4) is 0 Å². The number of rotatable bonds is 9. The Labute approximate surface area is 240 Å². The smallest absolute Gasteiger partial charge is 0.264 e. The van der Waals surface area contributed by atoms with Gasteiger partial charge < -0.3 is 10.2 Å². The number of aryl methyl sites for hydroxylation is 1. The highest BCUT2D eigenvalue weighted by molar-refractivity contribution is 7.92. The molecule has 0 radical (unpaired) electrons. The van der Waals surface area contributed by atoms with E-state index >= 15 is 0 Å². The first kappa shape index (κ1) is 30.5. The first-order valence-corrected chi connectivity index (χ1v) is 14.6.